The van der Waals surface area contributed by atoms with Crippen molar-refractivity contribution in [3.05, 3.63) is 30.1 Å². The van der Waals surface area contributed by atoms with E-state index < -0.39 is 0 Å². The lowest BCUT2D eigenvalue weighted by Gasteiger charge is -2.35. The van der Waals surface area contributed by atoms with Gasteiger partial charge < -0.3 is 19.5 Å². The summed E-state index contributed by atoms with van der Waals surface area (Å²) in [5.41, 5.74) is 0.869. The van der Waals surface area contributed by atoms with Crippen molar-refractivity contribution in [2.24, 2.45) is 0 Å². The average Bonchev–Trinajstić information content (AvgIpc) is 3.23. The molecule has 1 aliphatic heterocycles. The minimum Gasteiger partial charge on any atom is -0.497 e. The summed E-state index contributed by atoms with van der Waals surface area (Å²) in [4.78, 5) is 21.2. The molecule has 2 fully saturated rings. The van der Waals surface area contributed by atoms with Gasteiger partial charge in [-0.2, -0.15) is 4.98 Å². The zero-order chi connectivity index (χ0) is 20.1. The van der Waals surface area contributed by atoms with E-state index in [4.69, 9.17) is 9.26 Å². The Hall–Kier alpha value is -2.61. The van der Waals surface area contributed by atoms with Crippen molar-refractivity contribution in [2.75, 3.05) is 33.3 Å². The number of methoxy groups -OCH3 is 1. The summed E-state index contributed by atoms with van der Waals surface area (Å²) < 4.78 is 10.6. The van der Waals surface area contributed by atoms with Crippen LogP contribution in [0.4, 0.5) is 4.79 Å². The maximum atomic E-state index is 12.5. The summed E-state index contributed by atoms with van der Waals surface area (Å²) in [6, 6.07) is 7.98. The Morgan fingerprint density at radius 1 is 1.14 bits per heavy atom. The number of carbonyl (C=O) groups excluding carboxylic acids is 1. The Kier molecular flexibility index (Phi) is 6.29. The number of nitrogens with zero attached hydrogens (tertiary/aromatic N) is 4. The number of hydrogen-bond donors (Lipinski definition) is 1. The Morgan fingerprint density at radius 3 is 2.55 bits per heavy atom. The van der Waals surface area contributed by atoms with Crippen molar-refractivity contribution in [2.45, 2.75) is 44.7 Å². The van der Waals surface area contributed by atoms with Gasteiger partial charge in [-0.3, -0.25) is 4.90 Å². The van der Waals surface area contributed by atoms with Crippen LogP contribution in [-0.2, 0) is 6.54 Å². The normalized spacial score (nSPS) is 18.6. The van der Waals surface area contributed by atoms with Crippen LogP contribution < -0.4 is 10.1 Å². The molecule has 29 heavy (non-hydrogen) atoms. The van der Waals surface area contributed by atoms with E-state index in [2.05, 4.69) is 20.4 Å². The van der Waals surface area contributed by atoms with Gasteiger partial charge in [-0.25, -0.2) is 4.79 Å². The Bertz CT molecular complexity index is 793. The lowest BCUT2D eigenvalue weighted by molar-refractivity contribution is 0.129. The number of amides is 2. The summed E-state index contributed by atoms with van der Waals surface area (Å²) in [5.74, 6) is 1.96. The van der Waals surface area contributed by atoms with Gasteiger partial charge in [0, 0.05) is 37.8 Å². The molecule has 2 amide bonds. The van der Waals surface area contributed by atoms with Crippen molar-refractivity contribution >= 4 is 6.03 Å². The van der Waals surface area contributed by atoms with E-state index in [1.807, 2.05) is 29.2 Å². The van der Waals surface area contributed by atoms with Gasteiger partial charge in [0.2, 0.25) is 0 Å². The minimum absolute atomic E-state index is 0.0814. The average molecular weight is 399 g/mol. The van der Waals surface area contributed by atoms with Gasteiger partial charge in [-0.15, -0.1) is 0 Å². The molecule has 0 atom stereocenters. The molecule has 1 saturated carbocycles. The van der Waals surface area contributed by atoms with Crippen LogP contribution >= 0.6 is 0 Å². The molecule has 0 spiro atoms. The number of ether oxygens (including phenoxy) is 1. The largest absolute Gasteiger partial charge is 0.497 e. The minimum atomic E-state index is 0.0814. The predicted molar refractivity (Wildman–Crippen MR) is 109 cm³/mol. The van der Waals surface area contributed by atoms with Crippen molar-refractivity contribution < 1.29 is 14.1 Å². The number of benzene rings is 1. The Morgan fingerprint density at radius 2 is 1.86 bits per heavy atom. The third-order valence-corrected chi connectivity index (χ3v) is 5.76. The van der Waals surface area contributed by atoms with Crippen LogP contribution in [0.25, 0.3) is 11.5 Å². The van der Waals surface area contributed by atoms with Crippen molar-refractivity contribution in [3.8, 4) is 17.2 Å². The van der Waals surface area contributed by atoms with Gasteiger partial charge in [0.1, 0.15) is 5.75 Å². The molecule has 8 nitrogen and oxygen atoms in total. The number of urea groups is 1. The van der Waals surface area contributed by atoms with Gasteiger partial charge in [-0.05, 0) is 37.1 Å². The number of carbonyl (C=O) groups is 1. The zero-order valence-electron chi connectivity index (χ0n) is 17.0. The summed E-state index contributed by atoms with van der Waals surface area (Å²) in [5, 5.41) is 7.31. The number of hydrogen-bond acceptors (Lipinski definition) is 6. The first-order chi connectivity index (χ1) is 14.2. The lowest BCUT2D eigenvalue weighted by atomic mass is 9.96. The summed E-state index contributed by atoms with van der Waals surface area (Å²) in [6.45, 7) is 3.69. The fraction of sp³-hybridized carbons (Fsp3) is 0.571. The molecular weight excluding hydrogens is 370 g/mol. The number of piperazine rings is 1. The molecule has 2 heterocycles. The number of nitrogens with one attached hydrogen (secondary N) is 1. The lowest BCUT2D eigenvalue weighted by Crippen LogP contribution is -2.53. The van der Waals surface area contributed by atoms with Gasteiger partial charge in [-0.1, -0.05) is 24.4 Å². The first-order valence-electron chi connectivity index (χ1n) is 10.5. The van der Waals surface area contributed by atoms with Crippen molar-refractivity contribution in [3.63, 3.8) is 0 Å². The molecule has 1 aromatic carbocycles. The van der Waals surface area contributed by atoms with Gasteiger partial charge >= 0.3 is 6.03 Å². The third-order valence-electron chi connectivity index (χ3n) is 5.76. The fourth-order valence-corrected chi connectivity index (χ4v) is 3.99. The maximum absolute atomic E-state index is 12.5. The highest BCUT2D eigenvalue weighted by Gasteiger charge is 2.24. The first kappa shape index (κ1) is 19.7. The van der Waals surface area contributed by atoms with E-state index >= 15 is 0 Å². The van der Waals surface area contributed by atoms with Crippen LogP contribution in [0.15, 0.2) is 28.8 Å². The molecule has 1 aliphatic carbocycles. The van der Waals surface area contributed by atoms with E-state index in [0.717, 1.165) is 50.3 Å². The van der Waals surface area contributed by atoms with Gasteiger partial charge in [0.05, 0.1) is 13.7 Å². The van der Waals surface area contributed by atoms with Crippen LogP contribution in [0.2, 0.25) is 0 Å². The monoisotopic (exact) mass is 399 g/mol. The van der Waals surface area contributed by atoms with E-state index in [0.29, 0.717) is 24.3 Å². The number of aromatic nitrogens is 2. The van der Waals surface area contributed by atoms with E-state index in [9.17, 15) is 4.79 Å². The molecule has 156 valence electrons. The molecule has 1 saturated heterocycles. The predicted octanol–water partition coefficient (Wildman–Crippen LogP) is 2.91. The smallest absolute Gasteiger partial charge is 0.317 e. The zero-order valence-corrected chi connectivity index (χ0v) is 17.0. The van der Waals surface area contributed by atoms with Crippen LogP contribution in [0, 0.1) is 0 Å². The van der Waals surface area contributed by atoms with E-state index in [-0.39, 0.29) is 6.03 Å². The molecular formula is C21H29N5O3. The van der Waals surface area contributed by atoms with Crippen LogP contribution in [0.3, 0.4) is 0 Å². The SMILES string of the molecule is COc1ccc(-c2nc(CN3CCN(C(=O)NC4CCCCC4)CC3)no2)cc1. The standard InChI is InChI=1S/C21H29N5O3/c1-28-18-9-7-16(8-10-18)20-23-19(24-29-20)15-25-11-13-26(14-12-25)21(27)22-17-5-3-2-4-6-17/h7-10,17H,2-6,11-15H2,1H3,(H,22,27). The van der Waals surface area contributed by atoms with Crippen LogP contribution in [0.5, 0.6) is 5.75 Å². The molecule has 4 rings (SSSR count). The van der Waals surface area contributed by atoms with Crippen LogP contribution in [0.1, 0.15) is 37.9 Å². The topological polar surface area (TPSA) is 83.7 Å². The Balaban J connectivity index is 1.25. The molecule has 0 bridgehead atoms. The summed E-state index contributed by atoms with van der Waals surface area (Å²) in [6.07, 6.45) is 5.96. The molecule has 1 N–H and O–H groups in total. The number of rotatable bonds is 5. The summed E-state index contributed by atoms with van der Waals surface area (Å²) >= 11 is 0. The van der Waals surface area contributed by atoms with E-state index in [1.165, 1.54) is 19.3 Å². The first-order valence-corrected chi connectivity index (χ1v) is 10.5. The van der Waals surface area contributed by atoms with Gasteiger partial charge in [0.25, 0.3) is 5.89 Å². The quantitative estimate of drug-likeness (QED) is 0.832. The second-order valence-electron chi connectivity index (χ2n) is 7.79. The molecule has 1 aromatic heterocycles. The molecule has 2 aromatic rings. The summed E-state index contributed by atoms with van der Waals surface area (Å²) in [7, 11) is 1.64. The third kappa shape index (κ3) is 5.06. The fourth-order valence-electron chi connectivity index (χ4n) is 3.99. The molecule has 0 unspecified atom stereocenters. The van der Waals surface area contributed by atoms with Crippen molar-refractivity contribution in [1.29, 1.82) is 0 Å². The van der Waals surface area contributed by atoms with E-state index in [1.54, 1.807) is 7.11 Å². The Labute approximate surface area is 171 Å². The van der Waals surface area contributed by atoms with Gasteiger partial charge in [0.15, 0.2) is 5.82 Å². The molecule has 8 heteroatoms. The maximum Gasteiger partial charge on any atom is 0.317 e. The highest BCUT2D eigenvalue weighted by atomic mass is 16.5. The second kappa shape index (κ2) is 9.26. The highest BCUT2D eigenvalue weighted by Crippen LogP contribution is 2.21. The highest BCUT2D eigenvalue weighted by molar-refractivity contribution is 5.74. The second-order valence-corrected chi connectivity index (χ2v) is 7.79. The van der Waals surface area contributed by atoms with Crippen molar-refractivity contribution in [1.82, 2.24) is 25.3 Å². The molecule has 0 radical (unpaired) electrons. The molecule has 2 aliphatic rings. The van der Waals surface area contributed by atoms with Crippen LogP contribution in [-0.4, -0.2) is 65.3 Å².